The number of nitrogens with zero attached hydrogens (tertiary/aromatic N) is 3. The zero-order valence-corrected chi connectivity index (χ0v) is 18.9. The average Bonchev–Trinajstić information content (AvgIpc) is 2.62. The molecule has 2 aromatic rings. The van der Waals surface area contributed by atoms with Crippen molar-refractivity contribution in [2.75, 3.05) is 39.5 Å². The molecule has 1 amide bonds. The van der Waals surface area contributed by atoms with Crippen molar-refractivity contribution in [3.8, 4) is 0 Å². The number of hydrogen-bond acceptors (Lipinski definition) is 4. The molecule has 0 spiro atoms. The van der Waals surface area contributed by atoms with Gasteiger partial charge in [-0.1, -0.05) is 6.07 Å². The highest BCUT2D eigenvalue weighted by Crippen LogP contribution is 2.34. The molecule has 2 rings (SSSR count). The van der Waals surface area contributed by atoms with E-state index < -0.39 is 17.6 Å². The van der Waals surface area contributed by atoms with Crippen LogP contribution in [0.15, 0.2) is 30.5 Å². The second-order valence-electron chi connectivity index (χ2n) is 7.16. The van der Waals surface area contributed by atoms with Crippen LogP contribution in [0.5, 0.6) is 0 Å². The maximum absolute atomic E-state index is 13.6. The van der Waals surface area contributed by atoms with Crippen molar-refractivity contribution >= 4 is 34.2 Å². The third-order valence-corrected chi connectivity index (χ3v) is 5.42. The van der Waals surface area contributed by atoms with Crippen LogP contribution in [0.1, 0.15) is 27.2 Å². The van der Waals surface area contributed by atoms with E-state index in [1.807, 2.05) is 30.8 Å². The Bertz CT molecular complexity index is 871. The number of rotatable bonds is 7. The van der Waals surface area contributed by atoms with Gasteiger partial charge in [0.1, 0.15) is 0 Å². The summed E-state index contributed by atoms with van der Waals surface area (Å²) < 4.78 is 41.6. The number of hydrogen-bond donors (Lipinski definition) is 1. The van der Waals surface area contributed by atoms with Gasteiger partial charge in [-0.2, -0.15) is 13.2 Å². The molecule has 0 aliphatic heterocycles. The number of anilines is 1. The minimum Gasteiger partial charge on any atom is -0.322 e. The number of halogens is 4. The largest absolute Gasteiger partial charge is 0.416 e. The summed E-state index contributed by atoms with van der Waals surface area (Å²) in [7, 11) is 5.61. The Morgan fingerprint density at radius 3 is 2.45 bits per heavy atom. The molecule has 0 fully saturated rings. The Morgan fingerprint density at radius 2 is 1.86 bits per heavy atom. The molecule has 0 aliphatic rings. The number of benzene rings is 1. The van der Waals surface area contributed by atoms with Crippen LogP contribution < -0.4 is 5.32 Å². The molecule has 0 saturated carbocycles. The Labute approximate surface area is 182 Å². The van der Waals surface area contributed by atoms with E-state index in [-0.39, 0.29) is 17.8 Å². The summed E-state index contributed by atoms with van der Waals surface area (Å²) in [5.41, 5.74) is 0.592. The van der Waals surface area contributed by atoms with Crippen molar-refractivity contribution < 1.29 is 18.0 Å². The average molecular weight is 520 g/mol. The van der Waals surface area contributed by atoms with Crippen LogP contribution in [0.2, 0.25) is 0 Å². The Kier molecular flexibility index (Phi) is 8.01. The van der Waals surface area contributed by atoms with Gasteiger partial charge in [-0.25, -0.2) is 0 Å². The standard InChI is InChI=1S/C20H24F3IN4O/c1-13-18(24)9-15(11-25-13)19(29)26-16-6-5-14(17(10-16)20(21,22)23)12-28(4)8-7-27(2)3/h5-6,9-11H,7-8,12H2,1-4H3,(H,26,29). The smallest absolute Gasteiger partial charge is 0.322 e. The fourth-order valence-electron chi connectivity index (χ4n) is 2.63. The maximum Gasteiger partial charge on any atom is 0.416 e. The van der Waals surface area contributed by atoms with Gasteiger partial charge >= 0.3 is 6.18 Å². The molecular formula is C20H24F3IN4O. The van der Waals surface area contributed by atoms with Crippen LogP contribution in [0.25, 0.3) is 0 Å². The van der Waals surface area contributed by atoms with Crippen LogP contribution in [-0.4, -0.2) is 54.9 Å². The van der Waals surface area contributed by atoms with Crippen LogP contribution in [0.3, 0.4) is 0 Å². The van der Waals surface area contributed by atoms with Crippen molar-refractivity contribution in [1.29, 1.82) is 0 Å². The monoisotopic (exact) mass is 520 g/mol. The van der Waals surface area contributed by atoms with E-state index >= 15 is 0 Å². The summed E-state index contributed by atoms with van der Waals surface area (Å²) in [5.74, 6) is -0.501. The molecule has 29 heavy (non-hydrogen) atoms. The van der Waals surface area contributed by atoms with E-state index in [4.69, 9.17) is 0 Å². The van der Waals surface area contributed by atoms with Crippen molar-refractivity contribution in [1.82, 2.24) is 14.8 Å². The molecule has 5 nitrogen and oxygen atoms in total. The molecule has 0 bridgehead atoms. The number of nitrogens with one attached hydrogen (secondary N) is 1. The molecule has 1 aromatic carbocycles. The Balaban J connectivity index is 2.21. The fourth-order valence-corrected chi connectivity index (χ4v) is 3.11. The SMILES string of the molecule is Cc1ncc(C(=O)Nc2ccc(CN(C)CCN(C)C)c(C(F)(F)F)c2)cc1I. The van der Waals surface area contributed by atoms with Gasteiger partial charge in [-0.05, 0) is 74.4 Å². The molecule has 0 saturated heterocycles. The molecule has 0 aliphatic carbocycles. The highest BCUT2D eigenvalue weighted by molar-refractivity contribution is 14.1. The lowest BCUT2D eigenvalue weighted by Crippen LogP contribution is -2.29. The first-order chi connectivity index (χ1) is 13.5. The summed E-state index contributed by atoms with van der Waals surface area (Å²) in [6.07, 6.45) is -3.11. The van der Waals surface area contributed by atoms with Gasteiger partial charge in [-0.15, -0.1) is 0 Å². The lowest BCUT2D eigenvalue weighted by atomic mass is 10.0. The zero-order chi connectivity index (χ0) is 21.8. The number of aromatic nitrogens is 1. The lowest BCUT2D eigenvalue weighted by Gasteiger charge is -2.22. The third kappa shape index (κ3) is 6.93. The molecule has 0 atom stereocenters. The van der Waals surface area contributed by atoms with E-state index in [0.29, 0.717) is 12.1 Å². The summed E-state index contributed by atoms with van der Waals surface area (Å²) in [6, 6.07) is 5.55. The number of alkyl halides is 3. The van der Waals surface area contributed by atoms with Gasteiger partial charge < -0.3 is 15.1 Å². The van der Waals surface area contributed by atoms with Crippen molar-refractivity contribution in [2.45, 2.75) is 19.6 Å². The van der Waals surface area contributed by atoms with E-state index in [1.54, 1.807) is 13.1 Å². The predicted molar refractivity (Wildman–Crippen MR) is 116 cm³/mol. The first-order valence-electron chi connectivity index (χ1n) is 8.94. The number of carbonyl (C=O) groups is 1. The number of aryl methyl sites for hydroxylation is 1. The normalized spacial score (nSPS) is 11.9. The highest BCUT2D eigenvalue weighted by Gasteiger charge is 2.34. The highest BCUT2D eigenvalue weighted by atomic mass is 127. The van der Waals surface area contributed by atoms with Crippen LogP contribution >= 0.6 is 22.6 Å². The third-order valence-electron chi connectivity index (χ3n) is 4.33. The van der Waals surface area contributed by atoms with E-state index in [2.05, 4.69) is 32.9 Å². The fraction of sp³-hybridized carbons (Fsp3) is 0.400. The van der Waals surface area contributed by atoms with Gasteiger partial charge in [0.15, 0.2) is 0 Å². The molecule has 1 aromatic heterocycles. The maximum atomic E-state index is 13.6. The van der Waals surface area contributed by atoms with E-state index in [1.165, 1.54) is 18.3 Å². The van der Waals surface area contributed by atoms with Crippen molar-refractivity contribution in [3.63, 3.8) is 0 Å². The van der Waals surface area contributed by atoms with Crippen LogP contribution in [-0.2, 0) is 12.7 Å². The van der Waals surface area contributed by atoms with Crippen LogP contribution in [0.4, 0.5) is 18.9 Å². The molecular weight excluding hydrogens is 496 g/mol. The summed E-state index contributed by atoms with van der Waals surface area (Å²) in [5, 5.41) is 2.54. The topological polar surface area (TPSA) is 48.5 Å². The zero-order valence-electron chi connectivity index (χ0n) is 16.8. The minimum atomic E-state index is -4.51. The van der Waals surface area contributed by atoms with Gasteiger partial charge in [0, 0.05) is 35.1 Å². The molecule has 158 valence electrons. The summed E-state index contributed by atoms with van der Waals surface area (Å²) in [4.78, 5) is 20.3. The number of carbonyl (C=O) groups excluding carboxylic acids is 1. The lowest BCUT2D eigenvalue weighted by molar-refractivity contribution is -0.138. The summed E-state index contributed by atoms with van der Waals surface area (Å²) >= 11 is 2.06. The number of likely N-dealkylation sites (N-methyl/N-ethyl adjacent to an activating group) is 2. The molecule has 0 radical (unpaired) electrons. The van der Waals surface area contributed by atoms with Crippen molar-refractivity contribution in [3.05, 3.63) is 56.4 Å². The van der Waals surface area contributed by atoms with Gasteiger partial charge in [0.2, 0.25) is 0 Å². The first kappa shape index (κ1) is 23.6. The Hall–Kier alpha value is -1.72. The van der Waals surface area contributed by atoms with Crippen LogP contribution in [0, 0.1) is 10.5 Å². The van der Waals surface area contributed by atoms with Gasteiger partial charge in [-0.3, -0.25) is 9.78 Å². The van der Waals surface area contributed by atoms with Gasteiger partial charge in [0.25, 0.3) is 5.91 Å². The molecule has 0 unspecified atom stereocenters. The minimum absolute atomic E-state index is 0.0950. The van der Waals surface area contributed by atoms with Gasteiger partial charge in [0.05, 0.1) is 16.8 Å². The second kappa shape index (κ2) is 9.86. The molecule has 1 heterocycles. The second-order valence-corrected chi connectivity index (χ2v) is 8.32. The summed E-state index contributed by atoms with van der Waals surface area (Å²) in [6.45, 7) is 3.36. The predicted octanol–water partition coefficient (Wildman–Crippen LogP) is 4.26. The first-order valence-corrected chi connectivity index (χ1v) is 10.0. The van der Waals surface area contributed by atoms with E-state index in [9.17, 15) is 18.0 Å². The quantitative estimate of drug-likeness (QED) is 0.555. The Morgan fingerprint density at radius 1 is 1.17 bits per heavy atom. The van der Waals surface area contributed by atoms with E-state index in [0.717, 1.165) is 21.9 Å². The molecule has 1 N–H and O–H groups in total. The molecule has 9 heteroatoms. The number of amides is 1. The van der Waals surface area contributed by atoms with Crippen molar-refractivity contribution in [2.24, 2.45) is 0 Å². The number of pyridine rings is 1.